The van der Waals surface area contributed by atoms with E-state index in [-0.39, 0.29) is 11.7 Å². The van der Waals surface area contributed by atoms with Gasteiger partial charge in [-0.2, -0.15) is 4.98 Å². The second-order valence-corrected chi connectivity index (χ2v) is 7.69. The summed E-state index contributed by atoms with van der Waals surface area (Å²) in [6, 6.07) is 0.635. The lowest BCUT2D eigenvalue weighted by Crippen LogP contribution is -2.59. The molecule has 7 nitrogen and oxygen atoms in total. The Morgan fingerprint density at radius 2 is 1.84 bits per heavy atom. The summed E-state index contributed by atoms with van der Waals surface area (Å²) in [4.78, 5) is 28.3. The van der Waals surface area contributed by atoms with Crippen molar-refractivity contribution in [1.29, 1.82) is 0 Å². The minimum Gasteiger partial charge on any atom is -0.371 e. The van der Waals surface area contributed by atoms with Crippen molar-refractivity contribution in [3.8, 4) is 0 Å². The summed E-state index contributed by atoms with van der Waals surface area (Å²) in [5.74, 6) is 0.719. The first kappa shape index (κ1) is 16.6. The number of aromatic nitrogens is 3. The molecule has 0 amide bonds. The number of halogens is 1. The van der Waals surface area contributed by atoms with Crippen LogP contribution in [0.3, 0.4) is 0 Å². The Morgan fingerprint density at radius 1 is 1.12 bits per heavy atom. The van der Waals surface area contributed by atoms with Crippen molar-refractivity contribution in [3.05, 3.63) is 21.2 Å². The van der Waals surface area contributed by atoms with Gasteiger partial charge in [0.05, 0.1) is 27.8 Å². The van der Waals surface area contributed by atoms with Gasteiger partial charge in [-0.05, 0) is 20.9 Å². The summed E-state index contributed by atoms with van der Waals surface area (Å²) in [6.45, 7) is 6.65. The van der Waals surface area contributed by atoms with Crippen LogP contribution in [0.25, 0.3) is 11.0 Å². The molecule has 2 atom stereocenters. The van der Waals surface area contributed by atoms with Gasteiger partial charge in [-0.25, -0.2) is 9.78 Å². The van der Waals surface area contributed by atoms with E-state index in [1.807, 2.05) is 6.92 Å². The number of piperazine rings is 1. The van der Waals surface area contributed by atoms with E-state index in [2.05, 4.69) is 45.7 Å². The zero-order valence-electron chi connectivity index (χ0n) is 15.2. The number of pyridine rings is 1. The molecule has 0 aliphatic carbocycles. The van der Waals surface area contributed by atoms with Gasteiger partial charge in [-0.3, -0.25) is 9.47 Å². The highest BCUT2D eigenvalue weighted by Crippen LogP contribution is 2.41. The second-order valence-electron chi connectivity index (χ2n) is 7.31. The molecule has 134 valence electrons. The molecule has 0 aromatic carbocycles. The van der Waals surface area contributed by atoms with Crippen molar-refractivity contribution in [1.82, 2.24) is 19.4 Å². The SMILES string of the molecule is Cc1nc2c3c(nc(=O)n2C)N2CC(C)N(C)CC2CN(C)c3c1Cl. The molecule has 0 N–H and O–H groups in total. The lowest BCUT2D eigenvalue weighted by atomic mass is 10.1. The monoisotopic (exact) mass is 362 g/mol. The maximum Gasteiger partial charge on any atom is 0.350 e. The standard InChI is InChI=1S/C17H23ClN6O/c1-9-6-24-11(7-21(9)3)8-22(4)14-12-15(19-10(2)13(14)18)23(5)17(25)20-16(12)24/h9,11H,6-8H2,1-5H3. The fourth-order valence-electron chi connectivity index (χ4n) is 3.98. The molecule has 0 bridgehead atoms. The van der Waals surface area contributed by atoms with Crippen LogP contribution >= 0.6 is 11.6 Å². The van der Waals surface area contributed by atoms with Crippen LogP contribution < -0.4 is 15.5 Å². The number of aryl methyl sites for hydroxylation is 2. The average molecular weight is 363 g/mol. The van der Waals surface area contributed by atoms with E-state index < -0.39 is 0 Å². The Hall–Kier alpha value is -1.86. The molecular weight excluding hydrogens is 340 g/mol. The molecule has 2 aromatic heterocycles. The van der Waals surface area contributed by atoms with Gasteiger partial charge in [-0.15, -0.1) is 0 Å². The Bertz CT molecular complexity index is 926. The van der Waals surface area contributed by atoms with Crippen LogP contribution in [0, 0.1) is 6.92 Å². The summed E-state index contributed by atoms with van der Waals surface area (Å²) < 4.78 is 1.51. The smallest absolute Gasteiger partial charge is 0.350 e. The first-order chi connectivity index (χ1) is 11.8. The van der Waals surface area contributed by atoms with Crippen LogP contribution in [0.4, 0.5) is 11.5 Å². The first-order valence-electron chi connectivity index (χ1n) is 8.54. The van der Waals surface area contributed by atoms with E-state index in [0.29, 0.717) is 16.7 Å². The number of hydrogen-bond donors (Lipinski definition) is 0. The number of anilines is 2. The predicted molar refractivity (Wildman–Crippen MR) is 101 cm³/mol. The molecule has 0 radical (unpaired) electrons. The second kappa shape index (κ2) is 5.57. The fraction of sp³-hybridized carbons (Fsp3) is 0.588. The lowest BCUT2D eigenvalue weighted by Gasteiger charge is -2.44. The van der Waals surface area contributed by atoms with E-state index in [9.17, 15) is 4.79 Å². The molecule has 4 heterocycles. The largest absolute Gasteiger partial charge is 0.371 e. The Morgan fingerprint density at radius 3 is 2.56 bits per heavy atom. The third kappa shape index (κ3) is 2.33. The normalized spacial score (nSPS) is 23.8. The molecule has 1 saturated heterocycles. The van der Waals surface area contributed by atoms with E-state index >= 15 is 0 Å². The zero-order chi connectivity index (χ0) is 18.0. The number of nitrogens with zero attached hydrogens (tertiary/aromatic N) is 6. The van der Waals surface area contributed by atoms with Gasteiger partial charge >= 0.3 is 5.69 Å². The molecule has 8 heteroatoms. The summed E-state index contributed by atoms with van der Waals surface area (Å²) in [6.07, 6.45) is 0. The zero-order valence-corrected chi connectivity index (χ0v) is 16.0. The fourth-order valence-corrected chi connectivity index (χ4v) is 4.27. The quantitative estimate of drug-likeness (QED) is 0.703. The summed E-state index contributed by atoms with van der Waals surface area (Å²) >= 11 is 6.64. The minimum atomic E-state index is -0.280. The Balaban J connectivity index is 2.09. The molecule has 2 unspecified atom stereocenters. The molecule has 0 saturated carbocycles. The molecule has 4 rings (SSSR count). The van der Waals surface area contributed by atoms with Crippen LogP contribution in [-0.4, -0.2) is 65.2 Å². The third-order valence-electron chi connectivity index (χ3n) is 5.58. The molecule has 2 aromatic rings. The number of rotatable bonds is 0. The van der Waals surface area contributed by atoms with Crippen molar-refractivity contribution in [3.63, 3.8) is 0 Å². The van der Waals surface area contributed by atoms with E-state index in [1.165, 1.54) is 4.57 Å². The molecule has 1 fully saturated rings. The third-order valence-corrected chi connectivity index (χ3v) is 6.03. The number of fused-ring (bicyclic) bond motifs is 2. The number of hydrogen-bond acceptors (Lipinski definition) is 6. The number of likely N-dealkylation sites (N-methyl/N-ethyl adjacent to an activating group) is 2. The molecule has 2 aliphatic rings. The van der Waals surface area contributed by atoms with Crippen molar-refractivity contribution < 1.29 is 0 Å². The molecular formula is C17H23ClN6O. The predicted octanol–water partition coefficient (Wildman–Crippen LogP) is 1.25. The van der Waals surface area contributed by atoms with E-state index in [0.717, 1.165) is 42.2 Å². The first-order valence-corrected chi connectivity index (χ1v) is 8.92. The summed E-state index contributed by atoms with van der Waals surface area (Å²) in [7, 11) is 5.91. The van der Waals surface area contributed by atoms with Crippen molar-refractivity contribution >= 4 is 34.1 Å². The highest BCUT2D eigenvalue weighted by atomic mass is 35.5. The summed E-state index contributed by atoms with van der Waals surface area (Å²) in [5, 5.41) is 1.51. The van der Waals surface area contributed by atoms with Crippen molar-refractivity contribution in [2.24, 2.45) is 7.05 Å². The van der Waals surface area contributed by atoms with Crippen LogP contribution in [0.5, 0.6) is 0 Å². The van der Waals surface area contributed by atoms with Gasteiger partial charge in [0, 0.05) is 39.8 Å². The molecule has 0 spiro atoms. The van der Waals surface area contributed by atoms with Gasteiger partial charge in [0.2, 0.25) is 0 Å². The van der Waals surface area contributed by atoms with Crippen LogP contribution in [0.15, 0.2) is 4.79 Å². The van der Waals surface area contributed by atoms with Crippen LogP contribution in [-0.2, 0) is 7.05 Å². The minimum absolute atomic E-state index is 0.248. The maximum atomic E-state index is 12.5. The van der Waals surface area contributed by atoms with Gasteiger partial charge < -0.3 is 9.80 Å². The van der Waals surface area contributed by atoms with Gasteiger partial charge in [0.1, 0.15) is 11.5 Å². The van der Waals surface area contributed by atoms with E-state index in [1.54, 1.807) is 7.05 Å². The van der Waals surface area contributed by atoms with Crippen molar-refractivity contribution in [2.45, 2.75) is 25.9 Å². The lowest BCUT2D eigenvalue weighted by molar-refractivity contribution is 0.201. The van der Waals surface area contributed by atoms with Crippen LogP contribution in [0.1, 0.15) is 12.6 Å². The van der Waals surface area contributed by atoms with Gasteiger partial charge in [0.25, 0.3) is 0 Å². The Labute approximate surface area is 151 Å². The van der Waals surface area contributed by atoms with Gasteiger partial charge in [0.15, 0.2) is 0 Å². The molecule has 2 aliphatic heterocycles. The average Bonchev–Trinajstić information content (AvgIpc) is 2.66. The summed E-state index contributed by atoms with van der Waals surface area (Å²) in [5.41, 5.74) is 2.02. The molecule has 25 heavy (non-hydrogen) atoms. The van der Waals surface area contributed by atoms with Crippen LogP contribution in [0.2, 0.25) is 5.02 Å². The Kier molecular flexibility index (Phi) is 3.70. The van der Waals surface area contributed by atoms with E-state index in [4.69, 9.17) is 11.6 Å². The highest BCUT2D eigenvalue weighted by molar-refractivity contribution is 6.35. The van der Waals surface area contributed by atoms with Gasteiger partial charge in [-0.1, -0.05) is 11.6 Å². The van der Waals surface area contributed by atoms with Crippen molar-refractivity contribution in [2.75, 3.05) is 43.5 Å². The highest BCUT2D eigenvalue weighted by Gasteiger charge is 2.37. The maximum absolute atomic E-state index is 12.5. The topological polar surface area (TPSA) is 57.5 Å².